The number of para-hydroxylation sites is 1. The van der Waals surface area contributed by atoms with Crippen LogP contribution in [0.3, 0.4) is 0 Å². The van der Waals surface area contributed by atoms with Crippen LogP contribution in [0.1, 0.15) is 47.2 Å². The zero-order valence-electron chi connectivity index (χ0n) is 28.4. The molecule has 11 heteroatoms. The summed E-state index contributed by atoms with van der Waals surface area (Å²) in [5.41, 5.74) is 2.17. The van der Waals surface area contributed by atoms with Crippen molar-refractivity contribution in [3.63, 3.8) is 0 Å². The largest absolute Gasteiger partial charge is 0.455 e. The molecule has 2 N–H and O–H groups in total. The van der Waals surface area contributed by atoms with Gasteiger partial charge >= 0.3 is 5.97 Å². The summed E-state index contributed by atoms with van der Waals surface area (Å²) in [7, 11) is 0. The number of allylic oxidation sites excluding steroid dienone is 1. The molecule has 10 nitrogen and oxygen atoms in total. The molecule has 3 amide bonds. The Morgan fingerprint density at radius 3 is 2.29 bits per heavy atom. The van der Waals surface area contributed by atoms with Gasteiger partial charge in [-0.2, -0.15) is 0 Å². The summed E-state index contributed by atoms with van der Waals surface area (Å²) >= 11 is 3.62. The highest BCUT2D eigenvalue weighted by atomic mass is 79.9. The molecule has 2 fully saturated rings. The number of ether oxygens (including phenoxy) is 2. The van der Waals surface area contributed by atoms with Crippen molar-refractivity contribution in [2.75, 3.05) is 24.6 Å². The average Bonchev–Trinajstić information content (AvgIpc) is 3.72. The molecule has 1 spiro atoms. The number of hydrogen-bond donors (Lipinski definition) is 2. The predicted octanol–water partition coefficient (Wildman–Crippen LogP) is 4.99. The fraction of sp³-hybridized carbons (Fsp3) is 0.350. The molecule has 2 saturated heterocycles. The number of likely N-dealkylation sites (tertiary alicyclic amines) is 1. The van der Waals surface area contributed by atoms with Gasteiger partial charge in [0.2, 0.25) is 11.8 Å². The first-order chi connectivity index (χ1) is 24.7. The highest BCUT2D eigenvalue weighted by Gasteiger charge is 2.75. The highest BCUT2D eigenvalue weighted by molar-refractivity contribution is 9.11. The predicted molar refractivity (Wildman–Crippen MR) is 193 cm³/mol. The molecule has 3 aromatic carbocycles. The minimum absolute atomic E-state index is 0.0332. The van der Waals surface area contributed by atoms with Gasteiger partial charge in [0.15, 0.2) is 0 Å². The minimum Gasteiger partial charge on any atom is -0.455 e. The maximum atomic E-state index is 15.4. The first-order valence-electron chi connectivity index (χ1n) is 17.2. The van der Waals surface area contributed by atoms with E-state index < -0.39 is 66.1 Å². The molecular weight excluding hydrogens is 714 g/mol. The molecule has 264 valence electrons. The number of rotatable bonds is 5. The second-order valence-corrected chi connectivity index (χ2v) is 14.4. The Balaban J connectivity index is 1.40. The number of carbonyl (C=O) groups is 4. The van der Waals surface area contributed by atoms with Crippen LogP contribution < -0.4 is 10.2 Å². The fourth-order valence-electron chi connectivity index (χ4n) is 8.16. The number of nitrogens with zero attached hydrogens (tertiary/aromatic N) is 2. The van der Waals surface area contributed by atoms with E-state index in [1.54, 1.807) is 23.1 Å². The van der Waals surface area contributed by atoms with Crippen molar-refractivity contribution in [1.29, 1.82) is 0 Å². The molecule has 4 aliphatic rings. The molecule has 0 aromatic heterocycles. The third-order valence-corrected chi connectivity index (χ3v) is 11.1. The molecule has 3 aromatic rings. The van der Waals surface area contributed by atoms with E-state index in [1.807, 2.05) is 92.7 Å². The van der Waals surface area contributed by atoms with E-state index in [0.717, 1.165) is 11.1 Å². The first kappa shape index (κ1) is 34.9. The second kappa shape index (κ2) is 14.2. The summed E-state index contributed by atoms with van der Waals surface area (Å²) in [4.78, 5) is 60.9. The average molecular weight is 755 g/mol. The van der Waals surface area contributed by atoms with Gasteiger partial charge in [-0.3, -0.25) is 19.2 Å². The number of hydrogen-bond acceptors (Lipinski definition) is 7. The number of aliphatic hydroxyl groups excluding tert-OH is 1. The lowest BCUT2D eigenvalue weighted by Gasteiger charge is -2.39. The van der Waals surface area contributed by atoms with Gasteiger partial charge in [0.05, 0.1) is 25.1 Å². The minimum atomic E-state index is -1.55. The number of anilines is 1. The summed E-state index contributed by atoms with van der Waals surface area (Å²) in [5, 5.41) is 13.9. The first-order valence-corrected chi connectivity index (χ1v) is 18.0. The smallest absolute Gasteiger partial charge is 0.313 e. The lowest BCUT2D eigenvalue weighted by atomic mass is 9.74. The van der Waals surface area contributed by atoms with Gasteiger partial charge in [0.25, 0.3) is 5.91 Å². The molecule has 7 rings (SSSR count). The summed E-state index contributed by atoms with van der Waals surface area (Å²) in [6.45, 7) is 3.57. The quantitative estimate of drug-likeness (QED) is 0.278. The Labute approximate surface area is 305 Å². The van der Waals surface area contributed by atoms with Crippen molar-refractivity contribution in [1.82, 2.24) is 10.2 Å². The third kappa shape index (κ3) is 6.11. The van der Waals surface area contributed by atoms with Crippen LogP contribution in [-0.4, -0.2) is 71.1 Å². The number of aliphatic hydroxyl groups is 1. The van der Waals surface area contributed by atoms with Crippen LogP contribution in [0.4, 0.5) is 5.69 Å². The molecule has 7 atom stereocenters. The van der Waals surface area contributed by atoms with Crippen molar-refractivity contribution in [2.45, 2.75) is 56.6 Å². The van der Waals surface area contributed by atoms with Crippen LogP contribution in [0.5, 0.6) is 0 Å². The van der Waals surface area contributed by atoms with Crippen molar-refractivity contribution in [2.24, 2.45) is 11.8 Å². The maximum absolute atomic E-state index is 15.4. The highest BCUT2D eigenvalue weighted by Crippen LogP contribution is 2.60. The van der Waals surface area contributed by atoms with Gasteiger partial charge in [-0.05, 0) is 48.6 Å². The second-order valence-electron chi connectivity index (χ2n) is 13.5. The number of aryl methyl sites for hydroxylation is 2. The summed E-state index contributed by atoms with van der Waals surface area (Å²) in [6, 6.07) is 21.8. The molecule has 0 saturated carbocycles. The molecule has 51 heavy (non-hydrogen) atoms. The zero-order chi connectivity index (χ0) is 35.9. The Morgan fingerprint density at radius 1 is 0.922 bits per heavy atom. The number of halogens is 1. The molecule has 5 bridgehead atoms. The summed E-state index contributed by atoms with van der Waals surface area (Å²) < 4.78 is 13.4. The van der Waals surface area contributed by atoms with E-state index in [9.17, 15) is 14.7 Å². The Morgan fingerprint density at radius 2 is 1.61 bits per heavy atom. The number of nitrogens with one attached hydrogen (secondary N) is 1. The van der Waals surface area contributed by atoms with E-state index in [2.05, 4.69) is 21.2 Å². The molecule has 0 aliphatic carbocycles. The van der Waals surface area contributed by atoms with Gasteiger partial charge in [-0.25, -0.2) is 0 Å². The number of carbonyl (C=O) groups excluding carboxylic acids is 4. The van der Waals surface area contributed by atoms with E-state index in [0.29, 0.717) is 27.7 Å². The Kier molecular flexibility index (Phi) is 9.71. The summed E-state index contributed by atoms with van der Waals surface area (Å²) in [5.74, 6) is -4.03. The molecule has 0 radical (unpaired) electrons. The van der Waals surface area contributed by atoms with Crippen LogP contribution >= 0.6 is 15.9 Å². The zero-order valence-corrected chi connectivity index (χ0v) is 30.0. The number of cyclic esters (lactones) is 1. The van der Waals surface area contributed by atoms with E-state index in [1.165, 1.54) is 4.90 Å². The van der Waals surface area contributed by atoms with Gasteiger partial charge in [-0.1, -0.05) is 107 Å². The van der Waals surface area contributed by atoms with Gasteiger partial charge in [-0.15, -0.1) is 0 Å². The van der Waals surface area contributed by atoms with Crippen LogP contribution in [0.2, 0.25) is 0 Å². The molecule has 0 unspecified atom stereocenters. The van der Waals surface area contributed by atoms with Crippen molar-refractivity contribution in [3.8, 4) is 0 Å². The standard InChI is InChI=1S/C40H40BrN3O7/c1-24-13-12-14-25(2)34(24)43-20-11-5-10-19-31(46)42-22-30(27-17-8-4-9-18-27)50-39(49)32-33-37(47)44(29(23-45)26-15-6-3-7-16-26)36(38(43)48)40(33)21-28(41)35(32)51-40/h3-9,11-18,21,29-30,32-33,35-36,45H,10,19-20,22-23H2,1-2H3,(H,42,46)/b11-5-/t29-,30+,32+,33-,35+,36+,40-/m1/s1. The van der Waals surface area contributed by atoms with Crippen molar-refractivity contribution < 1.29 is 33.8 Å². The Hall–Kier alpha value is -4.58. The van der Waals surface area contributed by atoms with Gasteiger partial charge in [0, 0.05) is 23.1 Å². The molecule has 4 aliphatic heterocycles. The Bertz CT molecular complexity index is 1880. The maximum Gasteiger partial charge on any atom is 0.313 e. The topological polar surface area (TPSA) is 125 Å². The number of amides is 3. The van der Waals surface area contributed by atoms with Crippen molar-refractivity contribution >= 4 is 45.3 Å². The third-order valence-electron chi connectivity index (χ3n) is 10.4. The van der Waals surface area contributed by atoms with Gasteiger partial charge in [0.1, 0.15) is 29.8 Å². The van der Waals surface area contributed by atoms with Crippen LogP contribution in [0.15, 0.2) is 102 Å². The summed E-state index contributed by atoms with van der Waals surface area (Å²) in [6.07, 6.45) is 4.37. The van der Waals surface area contributed by atoms with E-state index in [4.69, 9.17) is 9.47 Å². The molecular formula is C40H40BrN3O7. The van der Waals surface area contributed by atoms with Crippen LogP contribution in [0.25, 0.3) is 0 Å². The SMILES string of the molecule is Cc1cccc(C)c1N1C/C=C\CCC(=O)NC[C@@H](c2ccccc2)OC(=O)[C@@H]2[C@H]3O[C@@]4(C=C3Br)[C@H](C1=O)N([C@H](CO)c1ccccc1)C(=O)[C@@H]24. The molecule has 4 heterocycles. The van der Waals surface area contributed by atoms with Crippen molar-refractivity contribution in [3.05, 3.63) is 124 Å². The fourth-order valence-corrected chi connectivity index (χ4v) is 8.90. The normalized spacial score (nSPS) is 29.3. The van der Waals surface area contributed by atoms with E-state index >= 15 is 9.59 Å². The van der Waals surface area contributed by atoms with Crippen LogP contribution in [-0.2, 0) is 28.7 Å². The van der Waals surface area contributed by atoms with Crippen LogP contribution in [0, 0.1) is 25.7 Å². The number of benzene rings is 3. The lowest BCUT2D eigenvalue weighted by molar-refractivity contribution is -0.160. The lowest BCUT2D eigenvalue weighted by Crippen LogP contribution is -2.57. The monoisotopic (exact) mass is 753 g/mol. The van der Waals surface area contributed by atoms with E-state index in [-0.39, 0.29) is 25.4 Å². The van der Waals surface area contributed by atoms with Gasteiger partial charge < -0.3 is 29.7 Å². The number of esters is 1. The number of fused-ring (bicyclic) bond motifs is 2.